The first-order chi connectivity index (χ1) is 18.5. The molecule has 1 aliphatic rings. The van der Waals surface area contributed by atoms with Gasteiger partial charge in [0.15, 0.2) is 0 Å². The molecule has 0 saturated carbocycles. The van der Waals surface area contributed by atoms with E-state index in [0.29, 0.717) is 28.2 Å². The molecule has 0 radical (unpaired) electrons. The molecule has 0 fully saturated rings. The van der Waals surface area contributed by atoms with Crippen molar-refractivity contribution < 1.29 is 27.6 Å². The van der Waals surface area contributed by atoms with Crippen molar-refractivity contribution in [2.24, 2.45) is 0 Å². The molecule has 0 aliphatic carbocycles. The second-order valence-electron chi connectivity index (χ2n) is 8.70. The summed E-state index contributed by atoms with van der Waals surface area (Å²) in [5.74, 6) is 1.52. The molecule has 192 valence electrons. The summed E-state index contributed by atoms with van der Waals surface area (Å²) in [5.41, 5.74) is 3.09. The molecule has 6 rings (SSSR count). The Morgan fingerprint density at radius 2 is 1.47 bits per heavy atom. The van der Waals surface area contributed by atoms with Gasteiger partial charge in [-0.1, -0.05) is 0 Å². The zero-order chi connectivity index (χ0) is 26.0. The van der Waals surface area contributed by atoms with Crippen molar-refractivity contribution in [3.05, 3.63) is 107 Å². The van der Waals surface area contributed by atoms with E-state index in [2.05, 4.69) is 19.1 Å². The van der Waals surface area contributed by atoms with Crippen LogP contribution >= 0.6 is 7.82 Å². The maximum absolute atomic E-state index is 14.1. The molecule has 3 heterocycles. The van der Waals surface area contributed by atoms with E-state index in [1.54, 1.807) is 12.1 Å². The van der Waals surface area contributed by atoms with Crippen molar-refractivity contribution in [1.29, 1.82) is 0 Å². The Hall–Kier alpha value is -3.38. The summed E-state index contributed by atoms with van der Waals surface area (Å²) in [5, 5.41) is 0.626. The van der Waals surface area contributed by atoms with Crippen LogP contribution in [0.5, 0.6) is 17.2 Å². The summed E-state index contributed by atoms with van der Waals surface area (Å²) >= 11 is 0.144. The number of rotatable bonds is 9. The summed E-state index contributed by atoms with van der Waals surface area (Å²) in [7, 11) is -4.09. The van der Waals surface area contributed by atoms with Gasteiger partial charge in [-0.05, 0) is 0 Å². The number of nitrogens with zero attached hydrogens (tertiary/aromatic N) is 1. The van der Waals surface area contributed by atoms with Crippen LogP contribution in [0.15, 0.2) is 91.0 Å². The quantitative estimate of drug-likeness (QED) is 0.136. The molecule has 0 amide bonds. The molecule has 0 unspecified atom stereocenters. The second kappa shape index (κ2) is 10.8. The number of phosphoric ester groups is 1. The molecular formula is C29H24NO6PSe. The van der Waals surface area contributed by atoms with Gasteiger partial charge in [-0.15, -0.1) is 0 Å². The second-order valence-corrected chi connectivity index (χ2v) is 13.0. The standard InChI is InChI=1S/C29H24NO6PSe/c1-20-12-13-29(38-20)25-16-26(23-14-27-28(33-19-32-27)15-24(23)30-25)36-37(31,34-17-21-8-4-2-5-9-21)35-18-22-10-6-3-7-11-22/h2-16H,17-19H2,1H3. The molecule has 5 aromatic rings. The van der Waals surface area contributed by atoms with E-state index in [1.165, 1.54) is 4.44 Å². The van der Waals surface area contributed by atoms with E-state index in [4.69, 9.17) is 28.0 Å². The Kier molecular flexibility index (Phi) is 7.07. The molecule has 38 heavy (non-hydrogen) atoms. The Bertz CT molecular complexity index is 1580. The normalized spacial score (nSPS) is 12.7. The SMILES string of the molecule is Cc1ccc(-c2cc(OP(=O)(OCc3ccccc3)OCc3ccccc3)c3cc4c(cc3n2)OCO4)[se]1. The Labute approximate surface area is 226 Å². The molecule has 2 aromatic heterocycles. The summed E-state index contributed by atoms with van der Waals surface area (Å²) in [6.45, 7) is 2.35. The van der Waals surface area contributed by atoms with Gasteiger partial charge in [0.25, 0.3) is 0 Å². The zero-order valence-electron chi connectivity index (χ0n) is 20.5. The van der Waals surface area contributed by atoms with E-state index in [9.17, 15) is 4.57 Å². The summed E-state index contributed by atoms with van der Waals surface area (Å²) in [6, 6.07) is 28.6. The third kappa shape index (κ3) is 5.56. The average molecular weight is 592 g/mol. The molecule has 0 bridgehead atoms. The van der Waals surface area contributed by atoms with Crippen LogP contribution in [0.4, 0.5) is 0 Å². The van der Waals surface area contributed by atoms with Gasteiger partial charge in [0.1, 0.15) is 0 Å². The van der Waals surface area contributed by atoms with Crippen molar-refractivity contribution in [2.75, 3.05) is 6.79 Å². The van der Waals surface area contributed by atoms with Gasteiger partial charge in [0.05, 0.1) is 0 Å². The van der Waals surface area contributed by atoms with Crippen LogP contribution in [-0.4, -0.2) is 26.3 Å². The van der Waals surface area contributed by atoms with Crippen LogP contribution in [-0.2, 0) is 26.8 Å². The predicted molar refractivity (Wildman–Crippen MR) is 146 cm³/mol. The molecular weight excluding hydrogens is 568 g/mol. The van der Waals surface area contributed by atoms with Crippen molar-refractivity contribution in [1.82, 2.24) is 4.98 Å². The molecule has 9 heteroatoms. The van der Waals surface area contributed by atoms with Gasteiger partial charge >= 0.3 is 227 Å². The van der Waals surface area contributed by atoms with Gasteiger partial charge in [-0.2, -0.15) is 0 Å². The average Bonchev–Trinajstić information content (AvgIpc) is 3.59. The summed E-state index contributed by atoms with van der Waals surface area (Å²) < 4.78 is 45.6. The molecule has 7 nitrogen and oxygen atoms in total. The molecule has 0 N–H and O–H groups in total. The summed E-state index contributed by atoms with van der Waals surface area (Å²) in [4.78, 5) is 4.87. The molecule has 0 atom stereocenters. The van der Waals surface area contributed by atoms with Crippen molar-refractivity contribution >= 4 is 33.2 Å². The first-order valence-electron chi connectivity index (χ1n) is 12.0. The van der Waals surface area contributed by atoms with Gasteiger partial charge in [-0.25, -0.2) is 0 Å². The van der Waals surface area contributed by atoms with E-state index in [-0.39, 0.29) is 34.5 Å². The van der Waals surface area contributed by atoms with Crippen LogP contribution in [0.25, 0.3) is 21.0 Å². The number of hydrogen-bond acceptors (Lipinski definition) is 7. The van der Waals surface area contributed by atoms with Gasteiger partial charge in [-0.3, -0.25) is 0 Å². The van der Waals surface area contributed by atoms with Crippen molar-refractivity contribution in [3.8, 4) is 27.4 Å². The first kappa shape index (κ1) is 24.9. The molecule has 3 aromatic carbocycles. The minimum absolute atomic E-state index is 0.0620. The number of pyridine rings is 1. The van der Waals surface area contributed by atoms with Gasteiger partial charge in [0, 0.05) is 0 Å². The van der Waals surface area contributed by atoms with E-state index in [1.807, 2.05) is 66.7 Å². The fraction of sp³-hybridized carbons (Fsp3) is 0.138. The van der Waals surface area contributed by atoms with E-state index >= 15 is 0 Å². The predicted octanol–water partition coefficient (Wildman–Crippen LogP) is 6.92. The van der Waals surface area contributed by atoms with Crippen LogP contribution in [0.1, 0.15) is 15.6 Å². The molecule has 0 spiro atoms. The summed E-state index contributed by atoms with van der Waals surface area (Å²) in [6.07, 6.45) is 0. The van der Waals surface area contributed by atoms with Gasteiger partial charge in [0.2, 0.25) is 0 Å². The third-order valence-electron chi connectivity index (χ3n) is 5.93. The minimum atomic E-state index is -4.09. The number of ether oxygens (including phenoxy) is 2. The van der Waals surface area contributed by atoms with Crippen molar-refractivity contribution in [3.63, 3.8) is 0 Å². The number of aryl methyl sites for hydroxylation is 1. The van der Waals surface area contributed by atoms with Crippen molar-refractivity contribution in [2.45, 2.75) is 20.1 Å². The van der Waals surface area contributed by atoms with Gasteiger partial charge < -0.3 is 0 Å². The molecule has 0 saturated heterocycles. The number of benzene rings is 3. The fourth-order valence-corrected chi connectivity index (χ4v) is 6.95. The van der Waals surface area contributed by atoms with Crippen LogP contribution in [0.3, 0.4) is 0 Å². The first-order valence-corrected chi connectivity index (χ1v) is 15.2. The zero-order valence-corrected chi connectivity index (χ0v) is 23.1. The topological polar surface area (TPSA) is 76.1 Å². The number of aromatic nitrogens is 1. The van der Waals surface area contributed by atoms with Crippen LogP contribution < -0.4 is 14.0 Å². The van der Waals surface area contributed by atoms with Crippen LogP contribution in [0.2, 0.25) is 0 Å². The third-order valence-corrected chi connectivity index (χ3v) is 9.39. The number of phosphoric acid groups is 1. The molecule has 1 aliphatic heterocycles. The van der Waals surface area contributed by atoms with E-state index < -0.39 is 7.82 Å². The Morgan fingerprint density at radius 3 is 2.08 bits per heavy atom. The Morgan fingerprint density at radius 1 is 0.842 bits per heavy atom. The monoisotopic (exact) mass is 593 g/mol. The fourth-order valence-electron chi connectivity index (χ4n) is 4.03. The van der Waals surface area contributed by atoms with Crippen LogP contribution in [0, 0.1) is 6.92 Å². The Balaban J connectivity index is 1.39. The number of hydrogen-bond donors (Lipinski definition) is 0. The number of fused-ring (bicyclic) bond motifs is 2. The maximum atomic E-state index is 14.1. The van der Waals surface area contributed by atoms with E-state index in [0.717, 1.165) is 21.3 Å².